The highest BCUT2D eigenvalue weighted by atomic mass is 32.2. The molecule has 1 aliphatic heterocycles. The third-order valence-electron chi connectivity index (χ3n) is 2.32. The number of carbonyl (C=O) groups is 1. The predicted molar refractivity (Wildman–Crippen MR) is 62.2 cm³/mol. The minimum atomic E-state index is -3.63. The van der Waals surface area contributed by atoms with Crippen molar-refractivity contribution >= 4 is 27.3 Å². The summed E-state index contributed by atoms with van der Waals surface area (Å²) in [5.41, 5.74) is -0.403. The molecule has 0 N–H and O–H groups in total. The van der Waals surface area contributed by atoms with Crippen molar-refractivity contribution in [3.8, 4) is 0 Å². The normalized spacial score (nSPS) is 19.0. The number of hydrogen-bond donors (Lipinski definition) is 0. The molecule has 2 heterocycles. The zero-order valence-corrected chi connectivity index (χ0v) is 11.2. The molecule has 0 aromatic carbocycles. The second-order valence-corrected chi connectivity index (χ2v) is 8.04. The number of fused-ring (bicyclic) bond motifs is 1. The van der Waals surface area contributed by atoms with E-state index in [1.165, 1.54) is 0 Å². The Labute approximate surface area is 98.9 Å². The smallest absolute Gasteiger partial charge is 0.268 e. The molecule has 4 nitrogen and oxygen atoms in total. The Morgan fingerprint density at radius 1 is 1.31 bits per heavy atom. The van der Waals surface area contributed by atoms with Gasteiger partial charge in [0.05, 0.1) is 11.1 Å². The minimum Gasteiger partial charge on any atom is -0.268 e. The van der Waals surface area contributed by atoms with Gasteiger partial charge in [0, 0.05) is 4.88 Å². The summed E-state index contributed by atoms with van der Waals surface area (Å²) in [6.07, 6.45) is 0. The quantitative estimate of drug-likeness (QED) is 0.716. The third-order valence-corrected chi connectivity index (χ3v) is 5.93. The van der Waals surface area contributed by atoms with Crippen LogP contribution in [0.3, 0.4) is 0 Å². The molecule has 0 unspecified atom stereocenters. The van der Waals surface area contributed by atoms with Crippen LogP contribution < -0.4 is 0 Å². The van der Waals surface area contributed by atoms with Crippen molar-refractivity contribution in [1.29, 1.82) is 0 Å². The van der Waals surface area contributed by atoms with Gasteiger partial charge in [-0.3, -0.25) is 4.79 Å². The summed E-state index contributed by atoms with van der Waals surface area (Å²) in [6, 6.07) is 1.64. The van der Waals surface area contributed by atoms with E-state index in [1.807, 2.05) is 0 Å². The van der Waals surface area contributed by atoms with Crippen LogP contribution in [-0.2, 0) is 10.0 Å². The van der Waals surface area contributed by atoms with Crippen LogP contribution in [0.1, 0.15) is 36.0 Å². The number of thiophene rings is 1. The van der Waals surface area contributed by atoms with Gasteiger partial charge in [-0.1, -0.05) is 0 Å². The first-order valence-corrected chi connectivity index (χ1v) is 7.11. The van der Waals surface area contributed by atoms with E-state index < -0.39 is 21.5 Å². The molecule has 6 heteroatoms. The number of hydrogen-bond acceptors (Lipinski definition) is 4. The predicted octanol–water partition coefficient (Wildman–Crippen LogP) is 2.00. The fourth-order valence-electron chi connectivity index (χ4n) is 1.80. The Bertz CT molecular complexity index is 563. The number of sulfonamides is 1. The minimum absolute atomic E-state index is 0.185. The molecule has 88 valence electrons. The summed E-state index contributed by atoms with van der Waals surface area (Å²) in [4.78, 5) is 12.9. The van der Waals surface area contributed by atoms with Crippen molar-refractivity contribution in [2.24, 2.45) is 0 Å². The van der Waals surface area contributed by atoms with Gasteiger partial charge in [-0.2, -0.15) is 0 Å². The maximum atomic E-state index is 12.2. The zero-order chi connectivity index (χ0) is 12.3. The van der Waals surface area contributed by atoms with Crippen LogP contribution in [0.2, 0.25) is 0 Å². The Balaban J connectivity index is 2.69. The first-order valence-electron chi connectivity index (χ1n) is 4.86. The van der Waals surface area contributed by atoms with Gasteiger partial charge in [0.1, 0.15) is 0 Å². The molecule has 1 aliphatic rings. The molecule has 0 bridgehead atoms. The lowest BCUT2D eigenvalue weighted by atomic mass is 10.1. The molecular formula is C10H13NO3S2. The number of amides is 1. The molecule has 1 amide bonds. The van der Waals surface area contributed by atoms with Crippen LogP contribution in [0, 0.1) is 6.92 Å². The van der Waals surface area contributed by atoms with Gasteiger partial charge in [0.25, 0.3) is 15.9 Å². The maximum Gasteiger partial charge on any atom is 0.277 e. The molecular weight excluding hydrogens is 246 g/mol. The fourth-order valence-corrected chi connectivity index (χ4v) is 5.19. The van der Waals surface area contributed by atoms with Crippen molar-refractivity contribution in [2.75, 3.05) is 0 Å². The van der Waals surface area contributed by atoms with Crippen LogP contribution >= 0.6 is 11.3 Å². The molecule has 2 rings (SSSR count). The number of rotatable bonds is 0. The lowest BCUT2D eigenvalue weighted by Gasteiger charge is -2.29. The first kappa shape index (κ1) is 11.6. The molecule has 1 aromatic heterocycles. The highest BCUT2D eigenvalue weighted by Gasteiger charge is 2.48. The second-order valence-electron chi connectivity index (χ2n) is 4.80. The molecule has 1 aromatic rings. The summed E-state index contributed by atoms with van der Waals surface area (Å²) in [7, 11) is -3.63. The average Bonchev–Trinajstić information content (AvgIpc) is 2.50. The molecule has 0 spiro atoms. The number of nitrogens with zero attached hydrogens (tertiary/aromatic N) is 1. The Kier molecular flexibility index (Phi) is 2.23. The van der Waals surface area contributed by atoms with Gasteiger partial charge in [-0.25, -0.2) is 12.7 Å². The standard InChI is InChI=1S/C10H13NO3S2/c1-6-5-7-8(12)11(10(2,3)4)16(13,14)9(7)15-6/h5H,1-4H3. The zero-order valence-electron chi connectivity index (χ0n) is 9.57. The van der Waals surface area contributed by atoms with Gasteiger partial charge < -0.3 is 0 Å². The maximum absolute atomic E-state index is 12.2. The van der Waals surface area contributed by atoms with E-state index in [1.54, 1.807) is 33.8 Å². The van der Waals surface area contributed by atoms with Crippen molar-refractivity contribution in [3.63, 3.8) is 0 Å². The summed E-state index contributed by atoms with van der Waals surface area (Å²) in [5.74, 6) is -0.410. The van der Waals surface area contributed by atoms with E-state index in [2.05, 4.69) is 0 Å². The second kappa shape index (κ2) is 3.07. The molecule has 0 fully saturated rings. The number of carbonyl (C=O) groups excluding carboxylic acids is 1. The fraction of sp³-hybridized carbons (Fsp3) is 0.500. The summed E-state index contributed by atoms with van der Waals surface area (Å²) >= 11 is 1.16. The first-order chi connectivity index (χ1) is 7.15. The van der Waals surface area contributed by atoms with E-state index in [0.717, 1.165) is 20.5 Å². The van der Waals surface area contributed by atoms with Crippen molar-refractivity contribution in [1.82, 2.24) is 4.31 Å². The number of aryl methyl sites for hydroxylation is 1. The molecule has 0 saturated heterocycles. The van der Waals surface area contributed by atoms with E-state index >= 15 is 0 Å². The van der Waals surface area contributed by atoms with E-state index in [0.29, 0.717) is 5.56 Å². The summed E-state index contributed by atoms with van der Waals surface area (Å²) in [5, 5.41) is 0. The topological polar surface area (TPSA) is 54.5 Å². The van der Waals surface area contributed by atoms with Gasteiger partial charge in [-0.05, 0) is 33.8 Å². The molecule has 0 saturated carbocycles. The van der Waals surface area contributed by atoms with Crippen molar-refractivity contribution in [2.45, 2.75) is 37.4 Å². The Hall–Kier alpha value is -0.880. The van der Waals surface area contributed by atoms with Gasteiger partial charge in [-0.15, -0.1) is 11.3 Å². The highest BCUT2D eigenvalue weighted by Crippen LogP contribution is 2.40. The third kappa shape index (κ3) is 1.40. The lowest BCUT2D eigenvalue weighted by Crippen LogP contribution is -2.45. The Morgan fingerprint density at radius 2 is 1.88 bits per heavy atom. The van der Waals surface area contributed by atoms with Crippen LogP contribution in [0.25, 0.3) is 0 Å². The van der Waals surface area contributed by atoms with Crippen LogP contribution in [0.4, 0.5) is 0 Å². The van der Waals surface area contributed by atoms with Gasteiger partial charge >= 0.3 is 0 Å². The molecule has 0 radical (unpaired) electrons. The van der Waals surface area contributed by atoms with Crippen molar-refractivity contribution in [3.05, 3.63) is 16.5 Å². The SMILES string of the molecule is Cc1cc2c(s1)S(=O)(=O)N(C(C)(C)C)C2=O. The van der Waals surface area contributed by atoms with Gasteiger partial charge in [0.15, 0.2) is 4.21 Å². The van der Waals surface area contributed by atoms with E-state index in [-0.39, 0.29) is 4.21 Å². The molecule has 0 aliphatic carbocycles. The largest absolute Gasteiger partial charge is 0.277 e. The Morgan fingerprint density at radius 3 is 2.31 bits per heavy atom. The van der Waals surface area contributed by atoms with E-state index in [9.17, 15) is 13.2 Å². The lowest BCUT2D eigenvalue weighted by molar-refractivity contribution is 0.0788. The average molecular weight is 259 g/mol. The molecule has 0 atom stereocenters. The van der Waals surface area contributed by atoms with Crippen LogP contribution in [0.5, 0.6) is 0 Å². The van der Waals surface area contributed by atoms with Crippen LogP contribution in [-0.4, -0.2) is 24.2 Å². The highest BCUT2D eigenvalue weighted by molar-refractivity contribution is 7.92. The summed E-state index contributed by atoms with van der Waals surface area (Å²) < 4.78 is 25.5. The molecule has 16 heavy (non-hydrogen) atoms. The van der Waals surface area contributed by atoms with E-state index in [4.69, 9.17) is 0 Å². The van der Waals surface area contributed by atoms with Crippen LogP contribution in [0.15, 0.2) is 10.3 Å². The summed E-state index contributed by atoms with van der Waals surface area (Å²) in [6.45, 7) is 6.94. The van der Waals surface area contributed by atoms with Gasteiger partial charge in [0.2, 0.25) is 0 Å². The van der Waals surface area contributed by atoms with Crippen molar-refractivity contribution < 1.29 is 13.2 Å². The monoisotopic (exact) mass is 259 g/mol.